The molecule has 2 N–H and O–H groups in total. The summed E-state index contributed by atoms with van der Waals surface area (Å²) in [5.74, 6) is -4.16. The Kier molecular flexibility index (Phi) is 4.24. The van der Waals surface area contributed by atoms with Crippen LogP contribution in [0.25, 0.3) is 0 Å². The van der Waals surface area contributed by atoms with Gasteiger partial charge in [0.25, 0.3) is 5.91 Å². The number of nitrogens with zero attached hydrogens (tertiary/aromatic N) is 2. The molecule has 0 spiro atoms. The SMILES string of the molecule is CN(CC1CCC(F)(F)CC1)C(=O)c1cc(C(=O)O)[nH]n1. The number of H-pyrrole nitrogens is 1. The largest absolute Gasteiger partial charge is 0.477 e. The molecule has 0 aliphatic heterocycles. The molecule has 0 radical (unpaired) electrons. The van der Waals surface area contributed by atoms with E-state index in [2.05, 4.69) is 10.2 Å². The molecule has 1 aliphatic carbocycles. The third-order valence-electron chi connectivity index (χ3n) is 3.74. The Bertz CT molecular complexity index is 535. The number of aromatic nitrogens is 2. The highest BCUT2D eigenvalue weighted by atomic mass is 19.3. The van der Waals surface area contributed by atoms with Crippen LogP contribution in [0.1, 0.15) is 46.7 Å². The van der Waals surface area contributed by atoms with E-state index in [-0.39, 0.29) is 30.1 Å². The number of hydrogen-bond donors (Lipinski definition) is 2. The number of carbonyl (C=O) groups excluding carboxylic acids is 1. The third kappa shape index (κ3) is 3.77. The van der Waals surface area contributed by atoms with Crippen LogP contribution < -0.4 is 0 Å². The lowest BCUT2D eigenvalue weighted by atomic mass is 9.86. The molecule has 1 aromatic rings. The van der Waals surface area contributed by atoms with Gasteiger partial charge in [-0.05, 0) is 18.8 Å². The zero-order valence-corrected chi connectivity index (χ0v) is 11.6. The number of aromatic carboxylic acids is 1. The Labute approximate surface area is 120 Å². The fourth-order valence-electron chi connectivity index (χ4n) is 2.49. The van der Waals surface area contributed by atoms with Crippen molar-refractivity contribution < 1.29 is 23.5 Å². The highest BCUT2D eigenvalue weighted by molar-refractivity contribution is 5.95. The van der Waals surface area contributed by atoms with E-state index in [1.807, 2.05) is 0 Å². The second-order valence-electron chi connectivity index (χ2n) is 5.46. The van der Waals surface area contributed by atoms with Crippen molar-refractivity contribution in [2.75, 3.05) is 13.6 Å². The summed E-state index contributed by atoms with van der Waals surface area (Å²) in [7, 11) is 1.56. The maximum absolute atomic E-state index is 13.1. The molecule has 1 heterocycles. The van der Waals surface area contributed by atoms with Crippen molar-refractivity contribution in [3.05, 3.63) is 17.5 Å². The topological polar surface area (TPSA) is 86.3 Å². The number of nitrogens with one attached hydrogen (secondary N) is 1. The molecule has 0 aromatic carbocycles. The molecule has 1 amide bonds. The highest BCUT2D eigenvalue weighted by Crippen LogP contribution is 2.36. The average Bonchev–Trinajstić information content (AvgIpc) is 2.90. The smallest absolute Gasteiger partial charge is 0.353 e. The lowest BCUT2D eigenvalue weighted by Gasteiger charge is -2.30. The van der Waals surface area contributed by atoms with E-state index in [9.17, 15) is 18.4 Å². The van der Waals surface area contributed by atoms with Gasteiger partial charge in [-0.3, -0.25) is 9.89 Å². The minimum Gasteiger partial charge on any atom is -0.477 e. The van der Waals surface area contributed by atoms with E-state index in [1.54, 1.807) is 7.05 Å². The molecular formula is C13H17F2N3O3. The van der Waals surface area contributed by atoms with Gasteiger partial charge in [0, 0.05) is 32.5 Å². The van der Waals surface area contributed by atoms with E-state index >= 15 is 0 Å². The molecule has 21 heavy (non-hydrogen) atoms. The van der Waals surface area contributed by atoms with E-state index < -0.39 is 17.8 Å². The van der Waals surface area contributed by atoms with Crippen molar-refractivity contribution in [2.45, 2.75) is 31.6 Å². The predicted octanol–water partition coefficient (Wildman–Crippen LogP) is 2.01. The molecule has 1 aliphatic rings. The Morgan fingerprint density at radius 2 is 2.10 bits per heavy atom. The standard InChI is InChI=1S/C13H17F2N3O3/c1-18(7-8-2-4-13(14,15)5-3-8)11(19)9-6-10(12(20)21)17-16-9/h6,8H,2-5,7H2,1H3,(H,16,17)(H,20,21). The quantitative estimate of drug-likeness (QED) is 0.890. The Morgan fingerprint density at radius 3 is 2.62 bits per heavy atom. The normalized spacial score (nSPS) is 18.4. The minimum absolute atomic E-state index is 0.0102. The van der Waals surface area contributed by atoms with Gasteiger partial charge in [-0.1, -0.05) is 0 Å². The Hall–Kier alpha value is -1.99. The predicted molar refractivity (Wildman–Crippen MR) is 69.4 cm³/mol. The summed E-state index contributed by atoms with van der Waals surface area (Å²) in [6, 6.07) is 1.16. The van der Waals surface area contributed by atoms with Crippen LogP contribution in [-0.2, 0) is 0 Å². The summed E-state index contributed by atoms with van der Waals surface area (Å²) in [5, 5.41) is 14.7. The Balaban J connectivity index is 1.92. The number of carboxylic acid groups (broad SMARTS) is 1. The van der Waals surface area contributed by atoms with Gasteiger partial charge in [-0.2, -0.15) is 5.10 Å². The van der Waals surface area contributed by atoms with Crippen LogP contribution in [-0.4, -0.2) is 51.6 Å². The van der Waals surface area contributed by atoms with Crippen LogP contribution in [0.5, 0.6) is 0 Å². The van der Waals surface area contributed by atoms with E-state index in [0.29, 0.717) is 19.4 Å². The second-order valence-corrected chi connectivity index (χ2v) is 5.46. The zero-order chi connectivity index (χ0) is 15.6. The third-order valence-corrected chi connectivity index (χ3v) is 3.74. The Morgan fingerprint density at radius 1 is 1.48 bits per heavy atom. The molecule has 0 saturated heterocycles. The summed E-state index contributed by atoms with van der Waals surface area (Å²) in [6.45, 7) is 0.365. The van der Waals surface area contributed by atoms with Gasteiger partial charge in [0.05, 0.1) is 0 Å². The molecule has 2 rings (SSSR count). The first kappa shape index (κ1) is 15.4. The molecule has 0 unspecified atom stereocenters. The van der Waals surface area contributed by atoms with Gasteiger partial charge in [0.2, 0.25) is 5.92 Å². The first-order chi connectivity index (χ1) is 9.78. The molecule has 0 atom stereocenters. The number of aromatic amines is 1. The van der Waals surface area contributed by atoms with Crippen molar-refractivity contribution in [2.24, 2.45) is 5.92 Å². The zero-order valence-electron chi connectivity index (χ0n) is 11.6. The van der Waals surface area contributed by atoms with Crippen molar-refractivity contribution >= 4 is 11.9 Å². The van der Waals surface area contributed by atoms with Crippen molar-refractivity contribution in [1.82, 2.24) is 15.1 Å². The van der Waals surface area contributed by atoms with Crippen LogP contribution in [0, 0.1) is 5.92 Å². The summed E-state index contributed by atoms with van der Waals surface area (Å²) >= 11 is 0. The van der Waals surface area contributed by atoms with E-state index in [1.165, 1.54) is 4.90 Å². The van der Waals surface area contributed by atoms with Gasteiger partial charge in [0.1, 0.15) is 5.69 Å². The summed E-state index contributed by atoms with van der Waals surface area (Å²) in [6.07, 6.45) is 0.466. The molecule has 1 saturated carbocycles. The van der Waals surface area contributed by atoms with Crippen LogP contribution in [0.15, 0.2) is 6.07 Å². The van der Waals surface area contributed by atoms with Crippen molar-refractivity contribution in [3.8, 4) is 0 Å². The van der Waals surface area contributed by atoms with Crippen molar-refractivity contribution in [3.63, 3.8) is 0 Å². The van der Waals surface area contributed by atoms with Crippen LogP contribution in [0.3, 0.4) is 0 Å². The maximum atomic E-state index is 13.1. The number of rotatable bonds is 4. The minimum atomic E-state index is -2.59. The summed E-state index contributed by atoms with van der Waals surface area (Å²) in [4.78, 5) is 24.2. The maximum Gasteiger partial charge on any atom is 0.353 e. The summed E-state index contributed by atoms with van der Waals surface area (Å²) in [5.41, 5.74) is -0.153. The van der Waals surface area contributed by atoms with Crippen molar-refractivity contribution in [1.29, 1.82) is 0 Å². The number of amides is 1. The lowest BCUT2D eigenvalue weighted by Crippen LogP contribution is -2.35. The number of alkyl halides is 2. The number of carbonyl (C=O) groups is 2. The monoisotopic (exact) mass is 301 g/mol. The fourth-order valence-corrected chi connectivity index (χ4v) is 2.49. The molecule has 116 valence electrons. The molecule has 1 aromatic heterocycles. The van der Waals surface area contributed by atoms with Gasteiger partial charge >= 0.3 is 5.97 Å². The van der Waals surface area contributed by atoms with Gasteiger partial charge in [-0.15, -0.1) is 0 Å². The molecule has 0 bridgehead atoms. The van der Waals surface area contributed by atoms with Crippen LogP contribution in [0.4, 0.5) is 8.78 Å². The van der Waals surface area contributed by atoms with E-state index in [0.717, 1.165) is 6.07 Å². The highest BCUT2D eigenvalue weighted by Gasteiger charge is 2.35. The number of hydrogen-bond acceptors (Lipinski definition) is 3. The van der Waals surface area contributed by atoms with Gasteiger partial charge < -0.3 is 10.0 Å². The molecule has 1 fully saturated rings. The van der Waals surface area contributed by atoms with Gasteiger partial charge in [-0.25, -0.2) is 13.6 Å². The van der Waals surface area contributed by atoms with Gasteiger partial charge in [0.15, 0.2) is 5.69 Å². The van der Waals surface area contributed by atoms with Crippen LogP contribution >= 0.6 is 0 Å². The van der Waals surface area contributed by atoms with Crippen LogP contribution in [0.2, 0.25) is 0 Å². The first-order valence-corrected chi connectivity index (χ1v) is 6.70. The van der Waals surface area contributed by atoms with E-state index in [4.69, 9.17) is 5.11 Å². The number of carboxylic acids is 1. The molecular weight excluding hydrogens is 284 g/mol. The number of halogens is 2. The lowest BCUT2D eigenvalue weighted by molar-refractivity contribution is -0.0475. The average molecular weight is 301 g/mol. The fraction of sp³-hybridized carbons (Fsp3) is 0.615. The molecule has 8 heteroatoms. The summed E-state index contributed by atoms with van der Waals surface area (Å²) < 4.78 is 26.1. The molecule has 6 nitrogen and oxygen atoms in total. The second kappa shape index (κ2) is 5.79. The first-order valence-electron chi connectivity index (χ1n) is 6.70.